The van der Waals surface area contributed by atoms with Crippen LogP contribution in [0, 0.1) is 0 Å². The minimum absolute atomic E-state index is 0.212. The third-order valence-corrected chi connectivity index (χ3v) is 3.50. The SMILES string of the molecule is O=C(Cl)c1cnn2c(Cl)cc(-c3ccc(Cl)cc3)nc12. The molecule has 0 bridgehead atoms. The maximum absolute atomic E-state index is 11.3. The van der Waals surface area contributed by atoms with Crippen LogP contribution in [-0.2, 0) is 0 Å². The van der Waals surface area contributed by atoms with E-state index in [2.05, 4.69) is 10.1 Å². The molecule has 0 saturated carbocycles. The molecule has 1 aromatic carbocycles. The lowest BCUT2D eigenvalue weighted by Gasteiger charge is -2.04. The van der Waals surface area contributed by atoms with Gasteiger partial charge in [0, 0.05) is 16.7 Å². The molecule has 0 atom stereocenters. The summed E-state index contributed by atoms with van der Waals surface area (Å²) in [7, 11) is 0. The Bertz CT molecular complexity index is 812. The van der Waals surface area contributed by atoms with Gasteiger partial charge in [0.25, 0.3) is 5.24 Å². The molecule has 0 unspecified atom stereocenters. The molecule has 0 fully saturated rings. The van der Waals surface area contributed by atoms with Crippen LogP contribution < -0.4 is 0 Å². The highest BCUT2D eigenvalue weighted by Gasteiger charge is 2.15. The third kappa shape index (κ3) is 2.26. The van der Waals surface area contributed by atoms with Crippen molar-refractivity contribution in [1.29, 1.82) is 0 Å². The van der Waals surface area contributed by atoms with E-state index < -0.39 is 5.24 Å². The van der Waals surface area contributed by atoms with Gasteiger partial charge in [-0.3, -0.25) is 4.79 Å². The van der Waals surface area contributed by atoms with E-state index in [-0.39, 0.29) is 5.56 Å². The minimum atomic E-state index is -0.628. The number of halogens is 3. The first kappa shape index (κ1) is 13.4. The summed E-state index contributed by atoms with van der Waals surface area (Å²) in [6, 6.07) is 8.79. The average molecular weight is 327 g/mol. The largest absolute Gasteiger partial charge is 0.275 e. The summed E-state index contributed by atoms with van der Waals surface area (Å²) in [4.78, 5) is 15.7. The summed E-state index contributed by atoms with van der Waals surface area (Å²) < 4.78 is 1.36. The van der Waals surface area contributed by atoms with Gasteiger partial charge < -0.3 is 0 Å². The summed E-state index contributed by atoms with van der Waals surface area (Å²) in [6.07, 6.45) is 1.34. The molecule has 0 aliphatic rings. The average Bonchev–Trinajstić information content (AvgIpc) is 2.84. The second-order valence-corrected chi connectivity index (χ2v) is 5.21. The van der Waals surface area contributed by atoms with Crippen molar-refractivity contribution in [2.45, 2.75) is 0 Å². The topological polar surface area (TPSA) is 47.3 Å². The molecule has 0 radical (unpaired) electrons. The Hall–Kier alpha value is -1.62. The van der Waals surface area contributed by atoms with Crippen LogP contribution in [-0.4, -0.2) is 19.8 Å². The Morgan fingerprint density at radius 1 is 1.15 bits per heavy atom. The van der Waals surface area contributed by atoms with Crippen LogP contribution in [0.3, 0.4) is 0 Å². The summed E-state index contributed by atoms with van der Waals surface area (Å²) in [5.74, 6) is 0. The number of fused-ring (bicyclic) bond motifs is 1. The Labute approximate surface area is 128 Å². The maximum Gasteiger partial charge on any atom is 0.257 e. The van der Waals surface area contributed by atoms with Gasteiger partial charge in [-0.2, -0.15) is 5.10 Å². The third-order valence-electron chi connectivity index (χ3n) is 2.78. The summed E-state index contributed by atoms with van der Waals surface area (Å²) in [5, 5.41) is 4.32. The number of carbonyl (C=O) groups excluding carboxylic acids is 1. The lowest BCUT2D eigenvalue weighted by molar-refractivity contribution is 0.108. The molecule has 4 nitrogen and oxygen atoms in total. The molecular formula is C13H6Cl3N3O. The van der Waals surface area contributed by atoms with Crippen LogP contribution in [0.5, 0.6) is 0 Å². The first-order valence-electron chi connectivity index (χ1n) is 5.56. The molecule has 0 aliphatic carbocycles. The van der Waals surface area contributed by atoms with Gasteiger partial charge in [0.2, 0.25) is 0 Å². The summed E-state index contributed by atoms with van der Waals surface area (Å²) >= 11 is 17.5. The smallest absolute Gasteiger partial charge is 0.257 e. The fourth-order valence-corrected chi connectivity index (χ4v) is 2.32. The summed E-state index contributed by atoms with van der Waals surface area (Å²) in [5.41, 5.74) is 1.97. The number of carbonyl (C=O) groups is 1. The van der Waals surface area contributed by atoms with Gasteiger partial charge in [-0.1, -0.05) is 35.3 Å². The van der Waals surface area contributed by atoms with Gasteiger partial charge in [0.15, 0.2) is 5.65 Å². The molecule has 0 N–H and O–H groups in total. The Morgan fingerprint density at radius 3 is 2.50 bits per heavy atom. The summed E-state index contributed by atoms with van der Waals surface area (Å²) in [6.45, 7) is 0. The van der Waals surface area contributed by atoms with Crippen molar-refractivity contribution in [3.8, 4) is 11.3 Å². The fourth-order valence-electron chi connectivity index (χ4n) is 1.83. The first-order chi connectivity index (χ1) is 9.56. The quantitative estimate of drug-likeness (QED) is 0.526. The zero-order valence-corrected chi connectivity index (χ0v) is 12.1. The van der Waals surface area contributed by atoms with Crippen LogP contribution in [0.25, 0.3) is 16.9 Å². The van der Waals surface area contributed by atoms with Gasteiger partial charge in [0.05, 0.1) is 17.5 Å². The van der Waals surface area contributed by atoms with Crippen molar-refractivity contribution in [2.75, 3.05) is 0 Å². The van der Waals surface area contributed by atoms with Crippen molar-refractivity contribution < 1.29 is 4.79 Å². The van der Waals surface area contributed by atoms with Crippen molar-refractivity contribution >= 4 is 45.7 Å². The fraction of sp³-hybridized carbons (Fsp3) is 0. The van der Waals surface area contributed by atoms with E-state index in [1.54, 1.807) is 18.2 Å². The molecule has 3 aromatic rings. The Morgan fingerprint density at radius 2 is 1.85 bits per heavy atom. The predicted molar refractivity (Wildman–Crippen MR) is 78.6 cm³/mol. The van der Waals surface area contributed by atoms with Crippen LogP contribution in [0.15, 0.2) is 36.5 Å². The van der Waals surface area contributed by atoms with Crippen LogP contribution in [0.4, 0.5) is 0 Å². The second-order valence-electron chi connectivity index (χ2n) is 4.04. The molecule has 0 amide bonds. The van der Waals surface area contributed by atoms with Gasteiger partial charge >= 0.3 is 0 Å². The molecule has 7 heteroatoms. The minimum Gasteiger partial charge on any atom is -0.275 e. The molecular weight excluding hydrogens is 321 g/mol. The van der Waals surface area contributed by atoms with E-state index in [0.29, 0.717) is 21.5 Å². The lowest BCUT2D eigenvalue weighted by atomic mass is 10.1. The zero-order chi connectivity index (χ0) is 14.3. The molecule has 0 spiro atoms. The van der Waals surface area contributed by atoms with E-state index >= 15 is 0 Å². The highest BCUT2D eigenvalue weighted by molar-refractivity contribution is 6.68. The molecule has 0 aliphatic heterocycles. The first-order valence-corrected chi connectivity index (χ1v) is 6.69. The van der Waals surface area contributed by atoms with Crippen molar-refractivity contribution in [1.82, 2.24) is 14.6 Å². The number of hydrogen-bond donors (Lipinski definition) is 0. The van der Waals surface area contributed by atoms with E-state index in [9.17, 15) is 4.79 Å². The normalized spacial score (nSPS) is 10.9. The van der Waals surface area contributed by atoms with Crippen molar-refractivity contribution in [3.63, 3.8) is 0 Å². The van der Waals surface area contributed by atoms with E-state index in [4.69, 9.17) is 34.8 Å². The molecule has 2 heterocycles. The second kappa shape index (κ2) is 5.05. The molecule has 3 rings (SSSR count). The monoisotopic (exact) mass is 325 g/mol. The number of hydrogen-bond acceptors (Lipinski definition) is 3. The van der Waals surface area contributed by atoms with Gasteiger partial charge in [-0.15, -0.1) is 0 Å². The Balaban J connectivity index is 2.24. The molecule has 0 saturated heterocycles. The predicted octanol–water partition coefficient (Wildman–Crippen LogP) is 4.08. The maximum atomic E-state index is 11.3. The van der Waals surface area contributed by atoms with Crippen LogP contribution >= 0.6 is 34.8 Å². The number of aromatic nitrogens is 3. The van der Waals surface area contributed by atoms with E-state index in [1.165, 1.54) is 10.7 Å². The highest BCUT2D eigenvalue weighted by atomic mass is 35.5. The van der Waals surface area contributed by atoms with Crippen LogP contribution in [0.2, 0.25) is 10.2 Å². The standard InChI is InChI=1S/C13H6Cl3N3O/c14-8-3-1-7(2-4-8)10-5-11(15)19-13(18-10)9(6-17-19)12(16)20/h1-6H. The van der Waals surface area contributed by atoms with Gasteiger partial charge in [0.1, 0.15) is 5.15 Å². The number of benzene rings is 1. The highest BCUT2D eigenvalue weighted by Crippen LogP contribution is 2.25. The lowest BCUT2D eigenvalue weighted by Crippen LogP contribution is -1.97. The molecule has 2 aromatic heterocycles. The van der Waals surface area contributed by atoms with Crippen LogP contribution in [0.1, 0.15) is 10.4 Å². The molecule has 100 valence electrons. The zero-order valence-electron chi connectivity index (χ0n) is 9.85. The van der Waals surface area contributed by atoms with Gasteiger partial charge in [-0.05, 0) is 23.7 Å². The van der Waals surface area contributed by atoms with Crippen molar-refractivity contribution in [3.05, 3.63) is 52.3 Å². The van der Waals surface area contributed by atoms with E-state index in [1.807, 2.05) is 12.1 Å². The van der Waals surface area contributed by atoms with Crippen molar-refractivity contribution in [2.24, 2.45) is 0 Å². The Kier molecular flexibility index (Phi) is 3.38. The van der Waals surface area contributed by atoms with E-state index in [0.717, 1.165) is 5.56 Å². The molecule has 20 heavy (non-hydrogen) atoms. The number of nitrogens with zero attached hydrogens (tertiary/aromatic N) is 3. The number of rotatable bonds is 2. The van der Waals surface area contributed by atoms with Gasteiger partial charge in [-0.25, -0.2) is 9.50 Å².